The van der Waals surface area contributed by atoms with Gasteiger partial charge in [0.1, 0.15) is 0 Å². The van der Waals surface area contributed by atoms with Crippen molar-refractivity contribution in [2.45, 2.75) is 43.4 Å². The van der Waals surface area contributed by atoms with Crippen molar-refractivity contribution < 1.29 is 8.78 Å². The van der Waals surface area contributed by atoms with Crippen LogP contribution in [0.4, 0.5) is 8.78 Å². The Kier molecular flexibility index (Phi) is 2.17. The average Bonchev–Trinajstić information content (AvgIpc) is 2.72. The molecule has 0 heterocycles. The third kappa shape index (κ3) is 1.15. The van der Waals surface area contributed by atoms with Crippen molar-refractivity contribution in [3.63, 3.8) is 0 Å². The summed E-state index contributed by atoms with van der Waals surface area (Å²) in [5.74, 6) is -3.53. The van der Waals surface area contributed by atoms with Crippen LogP contribution in [-0.4, -0.2) is 10.9 Å². The molecule has 3 bridgehead atoms. The van der Waals surface area contributed by atoms with Gasteiger partial charge in [-0.15, -0.1) is 0 Å². The zero-order valence-corrected chi connectivity index (χ0v) is 13.1. The van der Waals surface area contributed by atoms with Crippen molar-refractivity contribution in [3.8, 4) is 0 Å². The molecule has 4 heteroatoms. The van der Waals surface area contributed by atoms with E-state index in [4.69, 9.17) is 18.0 Å². The van der Waals surface area contributed by atoms with E-state index < -0.39 is 17.8 Å². The molecule has 22 heavy (non-hydrogen) atoms. The van der Waals surface area contributed by atoms with E-state index in [0.717, 1.165) is 12.8 Å². The molecule has 0 aliphatic heterocycles. The predicted octanol–water partition coefficient (Wildman–Crippen LogP) is 4.06. The van der Waals surface area contributed by atoms with Crippen LogP contribution in [0.25, 0.3) is 0 Å². The molecule has 1 aromatic carbocycles. The monoisotopic (exact) mass is 319 g/mol. The van der Waals surface area contributed by atoms with Crippen LogP contribution in [0.2, 0.25) is 0 Å². The Morgan fingerprint density at radius 1 is 1.09 bits per heavy atom. The minimum Gasteiger partial charge on any atom is -0.393 e. The Labute approximate surface area is 134 Å². The van der Waals surface area contributed by atoms with Gasteiger partial charge >= 0.3 is 0 Å². The van der Waals surface area contributed by atoms with Gasteiger partial charge in [0.15, 0.2) is 0 Å². The van der Waals surface area contributed by atoms with Crippen LogP contribution in [0.1, 0.15) is 37.7 Å². The minimum absolute atomic E-state index is 0.128. The van der Waals surface area contributed by atoms with Crippen molar-refractivity contribution in [2.24, 2.45) is 28.4 Å². The summed E-state index contributed by atoms with van der Waals surface area (Å²) in [6.07, 6.45) is 3.40. The van der Waals surface area contributed by atoms with Crippen LogP contribution in [0, 0.1) is 22.7 Å². The van der Waals surface area contributed by atoms with Crippen LogP contribution in [0.3, 0.4) is 0 Å². The Morgan fingerprint density at radius 2 is 1.82 bits per heavy atom. The normalized spacial score (nSPS) is 49.7. The molecule has 0 amide bonds. The number of hydrogen-bond acceptors (Lipinski definition) is 1. The van der Waals surface area contributed by atoms with Crippen LogP contribution < -0.4 is 5.73 Å². The van der Waals surface area contributed by atoms with Crippen molar-refractivity contribution in [3.05, 3.63) is 35.9 Å². The molecule has 1 spiro atoms. The first kappa shape index (κ1) is 13.4. The lowest BCUT2D eigenvalue weighted by atomic mass is 9.44. The summed E-state index contributed by atoms with van der Waals surface area (Å²) < 4.78 is 29.6. The first-order chi connectivity index (χ1) is 10.4. The zero-order chi connectivity index (χ0) is 15.4. The molecule has 2 N–H and O–H groups in total. The number of alkyl halides is 2. The van der Waals surface area contributed by atoms with E-state index >= 15 is 0 Å². The highest BCUT2D eigenvalue weighted by atomic mass is 32.1. The second kappa shape index (κ2) is 3.55. The standard InChI is InChI=1S/C18H19F2NS/c19-18(20)12-6-15(14(21)22)9-16(11-4-2-1-3-5-11)8-13(18)17(16,7-12)10-15/h1-5,12-13H,6-10H2,(H2,21,22). The maximum Gasteiger partial charge on any atom is 0.254 e. The largest absolute Gasteiger partial charge is 0.393 e. The highest BCUT2D eigenvalue weighted by Gasteiger charge is 2.85. The van der Waals surface area contributed by atoms with Gasteiger partial charge in [-0.3, -0.25) is 0 Å². The summed E-state index contributed by atoms with van der Waals surface area (Å²) in [6, 6.07) is 10.3. The molecule has 1 nitrogen and oxygen atoms in total. The molecule has 5 rings (SSSR count). The van der Waals surface area contributed by atoms with E-state index in [0.29, 0.717) is 24.3 Å². The van der Waals surface area contributed by atoms with E-state index in [-0.39, 0.29) is 16.2 Å². The molecule has 4 fully saturated rings. The van der Waals surface area contributed by atoms with Crippen LogP contribution in [0.5, 0.6) is 0 Å². The lowest BCUT2D eigenvalue weighted by molar-refractivity contribution is -0.158. The number of thiocarbonyl (C=S) groups is 1. The fourth-order valence-corrected chi connectivity index (χ4v) is 7.10. The van der Waals surface area contributed by atoms with Crippen molar-refractivity contribution in [1.29, 1.82) is 0 Å². The van der Waals surface area contributed by atoms with Gasteiger partial charge in [0.25, 0.3) is 5.92 Å². The topological polar surface area (TPSA) is 26.0 Å². The summed E-state index contributed by atoms with van der Waals surface area (Å²) in [5, 5.41) is 0. The molecule has 0 aromatic heterocycles. The zero-order valence-electron chi connectivity index (χ0n) is 12.3. The Balaban J connectivity index is 1.73. The van der Waals surface area contributed by atoms with Gasteiger partial charge in [-0.05, 0) is 43.1 Å². The molecular formula is C18H19F2NS. The van der Waals surface area contributed by atoms with Gasteiger partial charge in [-0.25, -0.2) is 8.78 Å². The van der Waals surface area contributed by atoms with Gasteiger partial charge in [-0.2, -0.15) is 0 Å². The summed E-state index contributed by atoms with van der Waals surface area (Å²) >= 11 is 5.36. The number of rotatable bonds is 2. The number of fused-ring (bicyclic) bond motifs is 2. The number of nitrogens with two attached hydrogens (primary N) is 1. The molecule has 4 saturated carbocycles. The van der Waals surface area contributed by atoms with E-state index in [1.807, 2.05) is 18.2 Å². The highest BCUT2D eigenvalue weighted by Crippen LogP contribution is 2.86. The third-order valence-electron chi connectivity index (χ3n) is 7.57. The molecule has 116 valence electrons. The van der Waals surface area contributed by atoms with Gasteiger partial charge in [0.2, 0.25) is 0 Å². The highest BCUT2D eigenvalue weighted by molar-refractivity contribution is 7.80. The average molecular weight is 319 g/mol. The van der Waals surface area contributed by atoms with Crippen LogP contribution in [0.15, 0.2) is 30.3 Å². The van der Waals surface area contributed by atoms with Gasteiger partial charge in [-0.1, -0.05) is 42.5 Å². The SMILES string of the molecule is NC(=S)C12CC3CC4(C1)C(CC4(c1ccccc1)C2)C3(F)F. The van der Waals surface area contributed by atoms with Crippen molar-refractivity contribution in [2.75, 3.05) is 0 Å². The number of hydrogen-bond donors (Lipinski definition) is 1. The lowest BCUT2D eigenvalue weighted by Gasteiger charge is -2.59. The lowest BCUT2D eigenvalue weighted by Crippen LogP contribution is -2.59. The summed E-state index contributed by atoms with van der Waals surface area (Å²) in [5.41, 5.74) is 6.56. The molecule has 5 unspecified atom stereocenters. The predicted molar refractivity (Wildman–Crippen MR) is 84.8 cm³/mol. The molecule has 0 saturated heterocycles. The minimum atomic E-state index is -2.54. The summed E-state index contributed by atoms with van der Waals surface area (Å²) in [6.45, 7) is 0. The van der Waals surface area contributed by atoms with Crippen LogP contribution in [-0.2, 0) is 5.41 Å². The second-order valence-electron chi connectivity index (χ2n) is 8.14. The Morgan fingerprint density at radius 3 is 2.50 bits per heavy atom. The van der Waals surface area contributed by atoms with E-state index in [1.54, 1.807) is 0 Å². The van der Waals surface area contributed by atoms with Gasteiger partial charge in [0, 0.05) is 22.7 Å². The maximum atomic E-state index is 14.8. The summed E-state index contributed by atoms with van der Waals surface area (Å²) in [7, 11) is 0. The molecular weight excluding hydrogens is 300 g/mol. The smallest absolute Gasteiger partial charge is 0.254 e. The van der Waals surface area contributed by atoms with Crippen LogP contribution >= 0.6 is 12.2 Å². The quantitative estimate of drug-likeness (QED) is 0.832. The number of halogens is 2. The maximum absolute atomic E-state index is 14.8. The van der Waals surface area contributed by atoms with Gasteiger partial charge in [0.05, 0.1) is 4.99 Å². The fraction of sp³-hybridized carbons (Fsp3) is 0.611. The second-order valence-corrected chi connectivity index (χ2v) is 8.58. The molecule has 0 radical (unpaired) electrons. The Hall–Kier alpha value is -1.03. The number of benzene rings is 1. The first-order valence-corrected chi connectivity index (χ1v) is 8.51. The summed E-state index contributed by atoms with van der Waals surface area (Å²) in [4.78, 5) is 0.470. The van der Waals surface area contributed by atoms with Gasteiger partial charge < -0.3 is 5.73 Å². The molecule has 4 aliphatic carbocycles. The molecule has 5 atom stereocenters. The van der Waals surface area contributed by atoms with E-state index in [1.165, 1.54) is 5.56 Å². The van der Waals surface area contributed by atoms with Crippen molar-refractivity contribution in [1.82, 2.24) is 0 Å². The fourth-order valence-electron chi connectivity index (χ4n) is 6.87. The van der Waals surface area contributed by atoms with Crippen molar-refractivity contribution >= 4 is 17.2 Å². The third-order valence-corrected chi connectivity index (χ3v) is 8.01. The molecule has 4 aliphatic rings. The Bertz CT molecular complexity index is 690. The molecule has 1 aromatic rings. The first-order valence-electron chi connectivity index (χ1n) is 8.10. The van der Waals surface area contributed by atoms with E-state index in [9.17, 15) is 8.78 Å². The van der Waals surface area contributed by atoms with E-state index in [2.05, 4.69) is 12.1 Å².